The van der Waals surface area contributed by atoms with Gasteiger partial charge in [0.1, 0.15) is 11.3 Å². The highest BCUT2D eigenvalue weighted by Crippen LogP contribution is 2.34. The van der Waals surface area contributed by atoms with Crippen molar-refractivity contribution < 1.29 is 14.3 Å². The monoisotopic (exact) mass is 518 g/mol. The molecular weight excluding hydrogens is 499 g/mol. The average Bonchev–Trinajstić information content (AvgIpc) is 3.36. The Morgan fingerprint density at radius 1 is 0.944 bits per heavy atom. The number of esters is 1. The van der Waals surface area contributed by atoms with Gasteiger partial charge in [-0.15, -0.1) is 0 Å². The van der Waals surface area contributed by atoms with Gasteiger partial charge in [0.2, 0.25) is 0 Å². The maximum atomic E-state index is 12.6. The van der Waals surface area contributed by atoms with E-state index in [0.29, 0.717) is 22.3 Å². The minimum absolute atomic E-state index is 0.0615. The van der Waals surface area contributed by atoms with Crippen molar-refractivity contribution in [3.05, 3.63) is 112 Å². The quantitative estimate of drug-likeness (QED) is 0.276. The van der Waals surface area contributed by atoms with E-state index in [1.54, 1.807) is 29.3 Å². The fourth-order valence-corrected chi connectivity index (χ4v) is 4.18. The van der Waals surface area contributed by atoms with Crippen LogP contribution in [-0.2, 0) is 4.74 Å². The van der Waals surface area contributed by atoms with Gasteiger partial charge in [-0.2, -0.15) is 10.1 Å². The highest BCUT2D eigenvalue weighted by molar-refractivity contribution is 6.31. The summed E-state index contributed by atoms with van der Waals surface area (Å²) in [4.78, 5) is 21.3. The molecule has 3 aromatic carbocycles. The van der Waals surface area contributed by atoms with Crippen LogP contribution in [0.5, 0.6) is 11.8 Å². The number of anilines is 1. The molecule has 0 N–H and O–H groups in total. The minimum atomic E-state index is -0.575. The molecule has 1 unspecified atom stereocenters. The van der Waals surface area contributed by atoms with Crippen molar-refractivity contribution in [2.24, 2.45) is 5.10 Å². The van der Waals surface area contributed by atoms with E-state index >= 15 is 0 Å². The fraction of sp³-hybridized carbons (Fsp3) is 0.111. The van der Waals surface area contributed by atoms with Crippen molar-refractivity contribution in [3.63, 3.8) is 0 Å². The van der Waals surface area contributed by atoms with Crippen LogP contribution in [0, 0.1) is 0 Å². The number of hydrazone groups is 1. The van der Waals surface area contributed by atoms with Gasteiger partial charge in [-0.3, -0.25) is 0 Å². The van der Waals surface area contributed by atoms with Crippen LogP contribution >= 0.6 is 23.2 Å². The van der Waals surface area contributed by atoms with Crippen LogP contribution in [0.3, 0.4) is 0 Å². The molecular formula is C27H20Cl2N4O3. The molecule has 4 aromatic rings. The van der Waals surface area contributed by atoms with Crippen LogP contribution in [0.25, 0.3) is 0 Å². The largest absolute Gasteiger partial charge is 0.465 e. The molecule has 0 amide bonds. The van der Waals surface area contributed by atoms with Gasteiger partial charge in [0.25, 0.3) is 0 Å². The maximum Gasteiger partial charge on any atom is 0.343 e. The van der Waals surface area contributed by atoms with E-state index in [1.165, 1.54) is 13.3 Å². The molecule has 0 aliphatic carbocycles. The van der Waals surface area contributed by atoms with Gasteiger partial charge in [-0.1, -0.05) is 65.7 Å². The highest BCUT2D eigenvalue weighted by atomic mass is 35.5. The molecule has 1 aliphatic heterocycles. The van der Waals surface area contributed by atoms with E-state index < -0.39 is 5.97 Å². The number of hydrogen-bond donors (Lipinski definition) is 0. The van der Waals surface area contributed by atoms with Crippen LogP contribution in [-0.4, -0.2) is 35.3 Å². The third-order valence-electron chi connectivity index (χ3n) is 5.68. The van der Waals surface area contributed by atoms with Crippen LogP contribution in [0.4, 0.5) is 5.82 Å². The molecule has 7 nitrogen and oxygen atoms in total. The van der Waals surface area contributed by atoms with E-state index in [0.717, 1.165) is 16.8 Å². The third kappa shape index (κ3) is 5.03. The second kappa shape index (κ2) is 10.4. The number of nitrogens with zero attached hydrogens (tertiary/aromatic N) is 4. The number of methoxy groups -OCH3 is 1. The molecule has 0 bridgehead atoms. The Kier molecular flexibility index (Phi) is 6.84. The van der Waals surface area contributed by atoms with Gasteiger partial charge in [0.15, 0.2) is 5.82 Å². The molecule has 5 rings (SSSR count). The molecule has 0 saturated heterocycles. The van der Waals surface area contributed by atoms with Crippen molar-refractivity contribution in [1.29, 1.82) is 0 Å². The predicted molar refractivity (Wildman–Crippen MR) is 139 cm³/mol. The number of carbonyl (C=O) groups excluding carboxylic acids is 1. The number of rotatable bonds is 6. The lowest BCUT2D eigenvalue weighted by atomic mass is 9.91. The first-order valence-corrected chi connectivity index (χ1v) is 11.8. The van der Waals surface area contributed by atoms with Crippen LogP contribution in [0.15, 0.2) is 90.2 Å². The summed E-state index contributed by atoms with van der Waals surface area (Å²) in [5, 5.41) is 7.79. The lowest BCUT2D eigenvalue weighted by Crippen LogP contribution is -2.22. The summed E-state index contributed by atoms with van der Waals surface area (Å²) >= 11 is 12.1. The van der Waals surface area contributed by atoms with Crippen LogP contribution in [0.1, 0.15) is 27.4 Å². The molecule has 36 heavy (non-hydrogen) atoms. The van der Waals surface area contributed by atoms with E-state index in [1.807, 2.05) is 42.5 Å². The summed E-state index contributed by atoms with van der Waals surface area (Å²) in [6.07, 6.45) is 1.38. The van der Waals surface area contributed by atoms with Crippen molar-refractivity contribution >= 4 is 40.7 Å². The van der Waals surface area contributed by atoms with E-state index in [4.69, 9.17) is 37.8 Å². The molecule has 1 atom stereocenters. The van der Waals surface area contributed by atoms with Crippen LogP contribution < -0.4 is 9.75 Å². The van der Waals surface area contributed by atoms with Crippen molar-refractivity contribution in [2.45, 2.75) is 5.92 Å². The Bertz CT molecular complexity index is 1410. The fourth-order valence-electron chi connectivity index (χ4n) is 3.93. The zero-order chi connectivity index (χ0) is 25.1. The third-order valence-corrected chi connectivity index (χ3v) is 6.18. The van der Waals surface area contributed by atoms with Gasteiger partial charge < -0.3 is 9.47 Å². The van der Waals surface area contributed by atoms with Crippen molar-refractivity contribution in [1.82, 2.24) is 9.97 Å². The maximum absolute atomic E-state index is 12.6. The van der Waals surface area contributed by atoms with Crippen molar-refractivity contribution in [2.75, 3.05) is 18.7 Å². The molecule has 1 aromatic heterocycles. The first-order valence-electron chi connectivity index (χ1n) is 11.1. The number of carbonyl (C=O) groups is 1. The topological polar surface area (TPSA) is 76.9 Å². The summed E-state index contributed by atoms with van der Waals surface area (Å²) in [5.41, 5.74) is 3.00. The predicted octanol–water partition coefficient (Wildman–Crippen LogP) is 6.37. The number of benzene rings is 3. The second-order valence-electron chi connectivity index (χ2n) is 7.97. The zero-order valence-corrected chi connectivity index (χ0v) is 20.6. The Morgan fingerprint density at radius 2 is 1.61 bits per heavy atom. The molecule has 9 heteroatoms. The molecule has 180 valence electrons. The first kappa shape index (κ1) is 23.8. The van der Waals surface area contributed by atoms with Gasteiger partial charge in [-0.05, 0) is 47.5 Å². The SMILES string of the molecule is COC(=O)c1cnc(Oc2ccc(Cl)cc2)nc1N1CC(c2ccccc2)C(c2ccc(Cl)cc2)=N1. The van der Waals surface area contributed by atoms with Gasteiger partial charge in [0.05, 0.1) is 25.6 Å². The van der Waals surface area contributed by atoms with E-state index in [-0.39, 0.29) is 23.3 Å². The Balaban J connectivity index is 1.57. The lowest BCUT2D eigenvalue weighted by molar-refractivity contribution is 0.0600. The number of aromatic nitrogens is 2. The van der Waals surface area contributed by atoms with Crippen LogP contribution in [0.2, 0.25) is 10.0 Å². The molecule has 0 radical (unpaired) electrons. The normalized spacial score (nSPS) is 14.9. The van der Waals surface area contributed by atoms with E-state index in [2.05, 4.69) is 22.1 Å². The summed E-state index contributed by atoms with van der Waals surface area (Å²) < 4.78 is 10.8. The smallest absolute Gasteiger partial charge is 0.343 e. The standard InChI is InChI=1S/C27H20Cl2N4O3/c1-35-26(34)22-15-30-27(36-21-13-11-20(29)12-14-21)31-25(22)33-16-23(17-5-3-2-4-6-17)24(32-33)18-7-9-19(28)10-8-18/h2-15,23H,16H2,1H3. The number of ether oxygens (including phenoxy) is 2. The Morgan fingerprint density at radius 3 is 2.28 bits per heavy atom. The molecule has 2 heterocycles. The first-order chi connectivity index (χ1) is 17.5. The summed E-state index contributed by atoms with van der Waals surface area (Å²) in [7, 11) is 1.31. The average molecular weight is 519 g/mol. The van der Waals surface area contributed by atoms with Gasteiger partial charge in [0, 0.05) is 16.0 Å². The molecule has 0 saturated carbocycles. The summed E-state index contributed by atoms with van der Waals surface area (Å²) in [6.45, 7) is 0.448. The lowest BCUT2D eigenvalue weighted by Gasteiger charge is -2.18. The number of hydrogen-bond acceptors (Lipinski definition) is 7. The summed E-state index contributed by atoms with van der Waals surface area (Å²) in [5.74, 6) is 0.138. The zero-order valence-electron chi connectivity index (χ0n) is 19.1. The highest BCUT2D eigenvalue weighted by Gasteiger charge is 2.33. The molecule has 1 aliphatic rings. The minimum Gasteiger partial charge on any atom is -0.465 e. The summed E-state index contributed by atoms with van der Waals surface area (Å²) in [6, 6.07) is 24.4. The number of halogens is 2. The Labute approximate surface area is 217 Å². The second-order valence-corrected chi connectivity index (χ2v) is 8.85. The Hall–Kier alpha value is -3.94. The van der Waals surface area contributed by atoms with Crippen molar-refractivity contribution in [3.8, 4) is 11.8 Å². The molecule has 0 fully saturated rings. The van der Waals surface area contributed by atoms with E-state index in [9.17, 15) is 4.79 Å². The van der Waals surface area contributed by atoms with Gasteiger partial charge >= 0.3 is 12.0 Å². The molecule has 0 spiro atoms. The van der Waals surface area contributed by atoms with Gasteiger partial charge in [-0.25, -0.2) is 14.8 Å².